The largest absolute Gasteiger partial charge is 0.340 e. The lowest BCUT2D eigenvalue weighted by Gasteiger charge is -2.39. The molecule has 5 heterocycles. The second-order valence-electron chi connectivity index (χ2n) is 11.5. The van der Waals surface area contributed by atoms with E-state index >= 15 is 0 Å². The van der Waals surface area contributed by atoms with Gasteiger partial charge >= 0.3 is 0 Å². The fourth-order valence-corrected chi connectivity index (χ4v) is 7.02. The van der Waals surface area contributed by atoms with E-state index in [0.29, 0.717) is 24.5 Å². The zero-order chi connectivity index (χ0) is 26.6. The number of hydrogen-bond acceptors (Lipinski definition) is 8. The van der Waals surface area contributed by atoms with Gasteiger partial charge in [0, 0.05) is 56.2 Å². The number of thiazole rings is 1. The summed E-state index contributed by atoms with van der Waals surface area (Å²) in [7, 11) is 0. The van der Waals surface area contributed by atoms with E-state index in [0.717, 1.165) is 83.9 Å². The molecule has 3 N–H and O–H groups in total. The number of amides is 1. The minimum Gasteiger partial charge on any atom is -0.340 e. The Balaban J connectivity index is 1.05. The molecule has 1 aliphatic carbocycles. The van der Waals surface area contributed by atoms with Gasteiger partial charge in [0.05, 0.1) is 26.5 Å². The lowest BCUT2D eigenvalue weighted by molar-refractivity contribution is -0.137. The highest BCUT2D eigenvalue weighted by molar-refractivity contribution is 7.16. The Morgan fingerprint density at radius 3 is 2.77 bits per heavy atom. The van der Waals surface area contributed by atoms with E-state index in [4.69, 9.17) is 0 Å². The Morgan fingerprint density at radius 2 is 2.00 bits per heavy atom. The van der Waals surface area contributed by atoms with Crippen LogP contribution in [-0.4, -0.2) is 80.5 Å². The molecule has 202 valence electrons. The number of carbonyl (C=O) groups excluding carboxylic acids is 1. The number of aromatic nitrogens is 4. The second kappa shape index (κ2) is 9.69. The van der Waals surface area contributed by atoms with Gasteiger partial charge in [-0.25, -0.2) is 15.0 Å². The highest BCUT2D eigenvalue weighted by Crippen LogP contribution is 2.48. The number of piperazine rings is 1. The number of aromatic amines is 1. The van der Waals surface area contributed by atoms with E-state index in [1.165, 1.54) is 5.57 Å². The quantitative estimate of drug-likeness (QED) is 0.332. The molecular formula is C29H34N8OS. The average molecular weight is 543 g/mol. The second-order valence-corrected chi connectivity index (χ2v) is 12.4. The van der Waals surface area contributed by atoms with Crippen LogP contribution in [0.3, 0.4) is 0 Å². The molecule has 39 heavy (non-hydrogen) atoms. The summed E-state index contributed by atoms with van der Waals surface area (Å²) in [6.45, 7) is 8.80. The van der Waals surface area contributed by atoms with Crippen LogP contribution in [0, 0.1) is 5.41 Å². The molecule has 2 aliphatic heterocycles. The molecular weight excluding hydrogens is 508 g/mol. The fourth-order valence-electron chi connectivity index (χ4n) is 6.30. The maximum absolute atomic E-state index is 13.6. The summed E-state index contributed by atoms with van der Waals surface area (Å²) in [5, 5.41) is 8.01. The van der Waals surface area contributed by atoms with Gasteiger partial charge in [-0.05, 0) is 62.9 Å². The van der Waals surface area contributed by atoms with E-state index in [-0.39, 0.29) is 5.41 Å². The third-order valence-corrected chi connectivity index (χ3v) is 9.12. The van der Waals surface area contributed by atoms with Crippen LogP contribution in [0.1, 0.15) is 38.8 Å². The molecule has 3 aromatic heterocycles. The molecule has 4 aromatic rings. The van der Waals surface area contributed by atoms with Crippen LogP contribution in [0.25, 0.3) is 26.8 Å². The first-order chi connectivity index (χ1) is 19.0. The number of hydrogen-bond donors (Lipinski definition) is 3. The Bertz CT molecular complexity index is 1560. The molecule has 9 nitrogen and oxygen atoms in total. The third kappa shape index (κ3) is 4.81. The van der Waals surface area contributed by atoms with Crippen molar-refractivity contribution in [2.45, 2.75) is 45.2 Å². The summed E-state index contributed by atoms with van der Waals surface area (Å²) in [6, 6.07) is 9.21. The zero-order valence-corrected chi connectivity index (χ0v) is 23.2. The van der Waals surface area contributed by atoms with Crippen LogP contribution in [0.5, 0.6) is 0 Å². The third-order valence-electron chi connectivity index (χ3n) is 8.33. The van der Waals surface area contributed by atoms with Crippen molar-refractivity contribution in [3.63, 3.8) is 0 Å². The molecule has 2 fully saturated rings. The standard InChI is InChI=1S/C29H34N8OS/c1-18-13-36(14-19(2)33-18)15-29(7-8-29)28(38)37-9-5-20(6-10-37)24-12-22-26(30-16-31-27(22)35-24)34-21-3-4-23-25(11-21)39-17-32-23/h3-5,11-12,16-19,33H,6-10,13-15H2,1-2H3,(H2,30,31,34,35). The topological polar surface area (TPSA) is 102 Å². The van der Waals surface area contributed by atoms with E-state index < -0.39 is 0 Å². The Hall–Kier alpha value is -3.34. The summed E-state index contributed by atoms with van der Waals surface area (Å²) in [5.41, 5.74) is 6.73. The van der Waals surface area contributed by atoms with Crippen molar-refractivity contribution in [2.75, 3.05) is 38.0 Å². The summed E-state index contributed by atoms with van der Waals surface area (Å²) in [4.78, 5) is 35.0. The van der Waals surface area contributed by atoms with Gasteiger partial charge in [-0.3, -0.25) is 9.69 Å². The van der Waals surface area contributed by atoms with Crippen LogP contribution < -0.4 is 10.6 Å². The highest BCUT2D eigenvalue weighted by atomic mass is 32.1. The van der Waals surface area contributed by atoms with Gasteiger partial charge in [-0.2, -0.15) is 0 Å². The molecule has 2 unspecified atom stereocenters. The number of anilines is 2. The van der Waals surface area contributed by atoms with Crippen molar-refractivity contribution in [2.24, 2.45) is 5.41 Å². The monoisotopic (exact) mass is 542 g/mol. The number of nitrogens with one attached hydrogen (secondary N) is 3. The van der Waals surface area contributed by atoms with E-state index in [1.54, 1.807) is 17.7 Å². The molecule has 2 atom stereocenters. The summed E-state index contributed by atoms with van der Waals surface area (Å²) in [6.07, 6.45) is 6.64. The normalized spacial score (nSPS) is 23.2. The van der Waals surface area contributed by atoms with Crippen LogP contribution >= 0.6 is 11.3 Å². The van der Waals surface area contributed by atoms with E-state index in [2.05, 4.69) is 72.4 Å². The molecule has 7 rings (SSSR count). The summed E-state index contributed by atoms with van der Waals surface area (Å²) >= 11 is 1.62. The van der Waals surface area contributed by atoms with Gasteiger partial charge in [0.1, 0.15) is 17.8 Å². The number of carbonyl (C=O) groups is 1. The van der Waals surface area contributed by atoms with Gasteiger partial charge in [0.25, 0.3) is 0 Å². The first-order valence-corrected chi connectivity index (χ1v) is 14.7. The number of rotatable bonds is 6. The highest BCUT2D eigenvalue weighted by Gasteiger charge is 2.52. The molecule has 1 saturated carbocycles. The zero-order valence-electron chi connectivity index (χ0n) is 22.4. The lowest BCUT2D eigenvalue weighted by Crippen LogP contribution is -2.56. The molecule has 0 spiro atoms. The van der Waals surface area contributed by atoms with Crippen molar-refractivity contribution >= 4 is 55.6 Å². The van der Waals surface area contributed by atoms with Crippen LogP contribution in [0.2, 0.25) is 0 Å². The summed E-state index contributed by atoms with van der Waals surface area (Å²) in [5.74, 6) is 1.11. The SMILES string of the molecule is CC1CN(CC2(C(=O)N3CC=C(c4cc5c(Nc6ccc7ncsc7c6)ncnc5[nH]4)CC3)CC2)CC(C)N1. The predicted octanol–water partition coefficient (Wildman–Crippen LogP) is 4.39. The maximum atomic E-state index is 13.6. The lowest BCUT2D eigenvalue weighted by atomic mass is 9.99. The molecule has 1 saturated heterocycles. The predicted molar refractivity (Wildman–Crippen MR) is 156 cm³/mol. The Labute approximate surface area is 231 Å². The van der Waals surface area contributed by atoms with Crippen molar-refractivity contribution in [3.05, 3.63) is 47.9 Å². The van der Waals surface area contributed by atoms with Gasteiger partial charge in [-0.1, -0.05) is 6.08 Å². The van der Waals surface area contributed by atoms with Gasteiger partial charge in [0.2, 0.25) is 5.91 Å². The molecule has 0 bridgehead atoms. The maximum Gasteiger partial charge on any atom is 0.230 e. The number of benzene rings is 1. The van der Waals surface area contributed by atoms with Crippen molar-refractivity contribution < 1.29 is 4.79 Å². The van der Waals surface area contributed by atoms with Crippen molar-refractivity contribution in [3.8, 4) is 0 Å². The molecule has 10 heteroatoms. The van der Waals surface area contributed by atoms with Crippen LogP contribution in [-0.2, 0) is 4.79 Å². The molecule has 0 radical (unpaired) electrons. The van der Waals surface area contributed by atoms with Crippen molar-refractivity contribution in [1.29, 1.82) is 0 Å². The number of nitrogens with zero attached hydrogens (tertiary/aromatic N) is 5. The van der Waals surface area contributed by atoms with Crippen LogP contribution in [0.4, 0.5) is 11.5 Å². The minimum atomic E-state index is -0.179. The molecule has 3 aliphatic rings. The fraction of sp³-hybridized carbons (Fsp3) is 0.448. The first kappa shape index (κ1) is 24.7. The number of fused-ring (bicyclic) bond motifs is 2. The van der Waals surface area contributed by atoms with Gasteiger partial charge in [0.15, 0.2) is 0 Å². The Kier molecular flexibility index (Phi) is 6.13. The van der Waals surface area contributed by atoms with Gasteiger partial charge in [-0.15, -0.1) is 11.3 Å². The van der Waals surface area contributed by atoms with Crippen LogP contribution in [0.15, 0.2) is 42.2 Å². The molecule has 1 amide bonds. The number of H-pyrrole nitrogens is 1. The summed E-state index contributed by atoms with van der Waals surface area (Å²) < 4.78 is 1.14. The molecule has 1 aromatic carbocycles. The average Bonchev–Trinajstić information content (AvgIpc) is 3.33. The van der Waals surface area contributed by atoms with Gasteiger partial charge < -0.3 is 20.5 Å². The smallest absolute Gasteiger partial charge is 0.230 e. The van der Waals surface area contributed by atoms with E-state index in [1.807, 2.05) is 17.6 Å². The van der Waals surface area contributed by atoms with E-state index in [9.17, 15) is 4.79 Å². The first-order valence-electron chi connectivity index (χ1n) is 13.9. The minimum absolute atomic E-state index is 0.179. The van der Waals surface area contributed by atoms with Crippen molar-refractivity contribution in [1.82, 2.24) is 35.1 Å². The Morgan fingerprint density at radius 1 is 1.15 bits per heavy atom.